The summed E-state index contributed by atoms with van der Waals surface area (Å²) in [6.07, 6.45) is 11.9. The number of likely N-dealkylation sites (N-methyl/N-ethyl adjacent to an activating group) is 1. The van der Waals surface area contributed by atoms with E-state index in [2.05, 4.69) is 52.5 Å². The van der Waals surface area contributed by atoms with Gasteiger partial charge in [0.25, 0.3) is 0 Å². The molecule has 11 heteroatoms. The van der Waals surface area contributed by atoms with Gasteiger partial charge < -0.3 is 19.9 Å². The van der Waals surface area contributed by atoms with Gasteiger partial charge in [0.15, 0.2) is 6.23 Å². The van der Waals surface area contributed by atoms with Crippen LogP contribution in [0.15, 0.2) is 36.8 Å². The zero-order valence-corrected chi connectivity index (χ0v) is 25.7. The van der Waals surface area contributed by atoms with Gasteiger partial charge in [0.05, 0.1) is 44.9 Å². The lowest BCUT2D eigenvalue weighted by atomic mass is 9.89. The van der Waals surface area contributed by atoms with Crippen molar-refractivity contribution in [2.75, 3.05) is 38.6 Å². The molecule has 3 aliphatic heterocycles. The maximum absolute atomic E-state index is 13.8. The Kier molecular flexibility index (Phi) is 7.87. The number of carbonyl (C=O) groups excluding carboxylic acids is 2. The van der Waals surface area contributed by atoms with Crippen molar-refractivity contribution in [3.63, 3.8) is 0 Å². The van der Waals surface area contributed by atoms with Crippen LogP contribution in [0.2, 0.25) is 0 Å². The number of piperidine rings is 2. The van der Waals surface area contributed by atoms with Crippen LogP contribution in [-0.2, 0) is 14.3 Å². The van der Waals surface area contributed by atoms with E-state index >= 15 is 0 Å². The first-order chi connectivity index (χ1) is 20.9. The average molecular weight is 602 g/mol. The molecule has 0 aliphatic carbocycles. The highest BCUT2D eigenvalue weighted by Gasteiger charge is 2.35. The molecule has 10 nitrogen and oxygen atoms in total. The van der Waals surface area contributed by atoms with Crippen LogP contribution in [0.5, 0.6) is 0 Å². The van der Waals surface area contributed by atoms with Crippen molar-refractivity contribution in [3.8, 4) is 0 Å². The second-order valence-corrected chi connectivity index (χ2v) is 13.6. The van der Waals surface area contributed by atoms with E-state index in [0.29, 0.717) is 30.7 Å². The number of nitrogens with one attached hydrogen (secondary N) is 1. The minimum atomic E-state index is -0.663. The molecule has 3 aliphatic rings. The lowest BCUT2D eigenvalue weighted by Crippen LogP contribution is -2.46. The number of fused-ring (bicyclic) bond motifs is 2. The molecule has 2 amide bonds. The Morgan fingerprint density at radius 3 is 2.79 bits per heavy atom. The first-order valence-electron chi connectivity index (χ1n) is 15.6. The van der Waals surface area contributed by atoms with Gasteiger partial charge in [-0.25, -0.2) is 9.67 Å². The van der Waals surface area contributed by atoms with Crippen molar-refractivity contribution >= 4 is 50.0 Å². The first kappa shape index (κ1) is 28.4. The highest BCUT2D eigenvalue weighted by molar-refractivity contribution is 7.18. The summed E-state index contributed by atoms with van der Waals surface area (Å²) in [5.41, 5.74) is 3.21. The number of benzene rings is 1. The lowest BCUT2D eigenvalue weighted by molar-refractivity contribution is -0.146. The molecular formula is C32H39N7O3S. The Bertz CT molecular complexity index is 1640. The van der Waals surface area contributed by atoms with E-state index in [0.717, 1.165) is 67.2 Å². The number of carbonyl (C=O) groups is 2. The van der Waals surface area contributed by atoms with Gasteiger partial charge in [0, 0.05) is 37.2 Å². The number of aromatic nitrogens is 4. The van der Waals surface area contributed by atoms with E-state index in [4.69, 9.17) is 9.72 Å². The van der Waals surface area contributed by atoms with Crippen molar-refractivity contribution in [1.82, 2.24) is 29.5 Å². The number of amides is 2. The number of rotatable bonds is 4. The quantitative estimate of drug-likeness (QED) is 0.309. The predicted molar refractivity (Wildman–Crippen MR) is 167 cm³/mol. The smallest absolute Gasteiger partial charge is 0.314 e. The fourth-order valence-corrected chi connectivity index (χ4v) is 8.04. The number of thiazole rings is 1. The first-order valence-corrected chi connectivity index (χ1v) is 16.4. The molecule has 2 unspecified atom stereocenters. The van der Waals surface area contributed by atoms with Gasteiger partial charge in [-0.1, -0.05) is 13.0 Å². The molecule has 0 saturated carbocycles. The Morgan fingerprint density at radius 1 is 1.05 bits per heavy atom. The number of pyridine rings is 1. The van der Waals surface area contributed by atoms with Crippen molar-refractivity contribution in [2.45, 2.75) is 70.1 Å². The highest BCUT2D eigenvalue weighted by atomic mass is 32.1. The minimum Gasteiger partial charge on any atom is -0.356 e. The van der Waals surface area contributed by atoms with Gasteiger partial charge in [-0.15, -0.1) is 11.3 Å². The third-order valence-corrected chi connectivity index (χ3v) is 10.4. The number of ether oxygens (including phenoxy) is 1. The second-order valence-electron chi connectivity index (χ2n) is 12.5. The van der Waals surface area contributed by atoms with Crippen LogP contribution in [-0.4, -0.2) is 74.7 Å². The Hall–Kier alpha value is -3.41. The van der Waals surface area contributed by atoms with Crippen molar-refractivity contribution < 1.29 is 14.3 Å². The Morgan fingerprint density at radius 2 is 1.95 bits per heavy atom. The van der Waals surface area contributed by atoms with E-state index < -0.39 is 11.8 Å². The predicted octanol–water partition coefficient (Wildman–Crippen LogP) is 5.49. The van der Waals surface area contributed by atoms with Gasteiger partial charge >= 0.3 is 11.8 Å². The molecular weight excluding hydrogens is 562 g/mol. The van der Waals surface area contributed by atoms with E-state index in [9.17, 15) is 9.59 Å². The molecule has 226 valence electrons. The standard InChI is InChI=1S/C32H39N7O3S/c1-20-8-10-26(21-9-11-27-24(14-21)36-31(43-27)22-6-5-12-37(2)19-22)38(18-20)32(41)30(40)35-25-17-33-15-23-16-34-39(29(23)25)28-7-3-4-13-42-28/h9,11,14-17,20,22,26,28H,3-8,10,12-13,18-19H2,1-2H3,(H,35,40)/t20-,22?,26+,28?/m0/s1. The summed E-state index contributed by atoms with van der Waals surface area (Å²) >= 11 is 1.78. The van der Waals surface area contributed by atoms with Crippen LogP contribution in [0, 0.1) is 5.92 Å². The van der Waals surface area contributed by atoms with Crippen LogP contribution < -0.4 is 5.32 Å². The summed E-state index contributed by atoms with van der Waals surface area (Å²) in [7, 11) is 2.18. The summed E-state index contributed by atoms with van der Waals surface area (Å²) < 4.78 is 8.95. The highest BCUT2D eigenvalue weighted by Crippen LogP contribution is 2.38. The molecule has 4 aromatic rings. The minimum absolute atomic E-state index is 0.181. The molecule has 3 saturated heterocycles. The number of anilines is 1. The van der Waals surface area contributed by atoms with E-state index in [1.807, 2.05) is 4.68 Å². The summed E-state index contributed by atoms with van der Waals surface area (Å²) in [6.45, 7) is 5.54. The van der Waals surface area contributed by atoms with E-state index in [1.165, 1.54) is 22.5 Å². The topological polar surface area (TPSA) is 105 Å². The molecule has 43 heavy (non-hydrogen) atoms. The summed E-state index contributed by atoms with van der Waals surface area (Å²) in [5, 5.41) is 9.41. The van der Waals surface area contributed by atoms with Crippen LogP contribution in [0.25, 0.3) is 21.1 Å². The van der Waals surface area contributed by atoms with Crippen molar-refractivity contribution in [2.24, 2.45) is 5.92 Å². The molecule has 3 fully saturated rings. The van der Waals surface area contributed by atoms with Gasteiger partial charge in [-0.2, -0.15) is 5.10 Å². The number of hydrogen-bond acceptors (Lipinski definition) is 8. The monoisotopic (exact) mass is 601 g/mol. The fourth-order valence-electron chi connectivity index (χ4n) is 6.97. The zero-order chi connectivity index (χ0) is 29.5. The number of hydrogen-bond donors (Lipinski definition) is 1. The van der Waals surface area contributed by atoms with E-state index in [1.54, 1.807) is 34.8 Å². The summed E-state index contributed by atoms with van der Waals surface area (Å²) in [6, 6.07) is 6.21. The largest absolute Gasteiger partial charge is 0.356 e. The molecule has 4 atom stereocenters. The SMILES string of the molecule is C[C@H]1CC[C@H](c2ccc3sc(C4CCCN(C)C4)nc3c2)N(C(=O)C(=O)Nc2cncc3cnn(C4CCCCO4)c23)C1. The van der Waals surface area contributed by atoms with Crippen LogP contribution >= 0.6 is 11.3 Å². The fraction of sp³-hybridized carbons (Fsp3) is 0.531. The van der Waals surface area contributed by atoms with Gasteiger partial charge in [0.2, 0.25) is 0 Å². The molecule has 1 aromatic carbocycles. The average Bonchev–Trinajstić information content (AvgIpc) is 3.66. The van der Waals surface area contributed by atoms with Crippen molar-refractivity contribution in [3.05, 3.63) is 47.4 Å². The summed E-state index contributed by atoms with van der Waals surface area (Å²) in [5.74, 6) is -0.417. The van der Waals surface area contributed by atoms with Gasteiger partial charge in [-0.05, 0) is 82.2 Å². The molecule has 7 rings (SSSR count). The number of likely N-dealkylation sites (tertiary alicyclic amines) is 2. The van der Waals surface area contributed by atoms with Crippen LogP contribution in [0.3, 0.4) is 0 Å². The lowest BCUT2D eigenvalue weighted by Gasteiger charge is -2.38. The molecule has 3 aromatic heterocycles. The van der Waals surface area contributed by atoms with Crippen molar-refractivity contribution in [1.29, 1.82) is 0 Å². The van der Waals surface area contributed by atoms with E-state index in [-0.39, 0.29) is 12.3 Å². The molecule has 0 bridgehead atoms. The third-order valence-electron chi connectivity index (χ3n) is 9.23. The normalized spacial score (nSPS) is 25.3. The molecule has 0 spiro atoms. The maximum Gasteiger partial charge on any atom is 0.314 e. The number of nitrogens with zero attached hydrogens (tertiary/aromatic N) is 6. The van der Waals surface area contributed by atoms with Gasteiger partial charge in [0.1, 0.15) is 0 Å². The Labute approximate surface area is 255 Å². The van der Waals surface area contributed by atoms with Gasteiger partial charge in [-0.3, -0.25) is 14.6 Å². The molecule has 1 N–H and O–H groups in total. The molecule has 6 heterocycles. The molecule has 0 radical (unpaired) electrons. The summed E-state index contributed by atoms with van der Waals surface area (Å²) in [4.78, 5) is 40.9. The third kappa shape index (κ3) is 5.65. The zero-order valence-electron chi connectivity index (χ0n) is 24.9. The maximum atomic E-state index is 13.8. The van der Waals surface area contributed by atoms with Crippen LogP contribution in [0.1, 0.15) is 80.6 Å². The van der Waals surface area contributed by atoms with Crippen LogP contribution in [0.4, 0.5) is 5.69 Å². The Balaban J connectivity index is 1.13. The second kappa shape index (κ2) is 11.9.